The van der Waals surface area contributed by atoms with Crippen LogP contribution in [0.25, 0.3) is 22.6 Å². The van der Waals surface area contributed by atoms with Gasteiger partial charge >= 0.3 is 12.4 Å². The average Bonchev–Trinajstić information content (AvgIpc) is 3.67. The van der Waals surface area contributed by atoms with Crippen molar-refractivity contribution in [1.82, 2.24) is 20.1 Å². The highest BCUT2D eigenvalue weighted by Crippen LogP contribution is 2.36. The normalized spacial score (nSPS) is 14.9. The number of allylic oxidation sites excluding steroid dienone is 2. The SMILES string of the molecule is COc1ccc(N2C(=O)CS/C2=N\C(=O)N/C(C)=C(\C)c2ccc(-c3ncn(-c4ccc(OC(F)(F)F)cc4)n3)cc2)c(C(C)C)c1. The molecule has 1 fully saturated rings. The van der Waals surface area contributed by atoms with Crippen molar-refractivity contribution < 1.29 is 32.2 Å². The summed E-state index contributed by atoms with van der Waals surface area (Å²) in [6, 6.07) is 17.5. The Labute approximate surface area is 273 Å². The number of thioether (sulfide) groups is 1. The first-order valence-electron chi connectivity index (χ1n) is 14.4. The lowest BCUT2D eigenvalue weighted by molar-refractivity contribution is -0.274. The van der Waals surface area contributed by atoms with Crippen LogP contribution >= 0.6 is 11.8 Å². The molecule has 1 aromatic heterocycles. The zero-order valence-corrected chi connectivity index (χ0v) is 26.9. The molecular formula is C33H31F3N6O4S. The Balaban J connectivity index is 1.28. The summed E-state index contributed by atoms with van der Waals surface area (Å²) in [5.74, 6) is 0.872. The molecule has 1 aliphatic rings. The van der Waals surface area contributed by atoms with Gasteiger partial charge in [0.15, 0.2) is 11.0 Å². The van der Waals surface area contributed by atoms with Crippen molar-refractivity contribution in [3.05, 3.63) is 89.9 Å². The highest BCUT2D eigenvalue weighted by molar-refractivity contribution is 8.15. The molecule has 3 aromatic carbocycles. The molecule has 5 rings (SSSR count). The Hall–Kier alpha value is -5.11. The lowest BCUT2D eigenvalue weighted by Crippen LogP contribution is -2.32. The van der Waals surface area contributed by atoms with Crippen LogP contribution in [0.2, 0.25) is 0 Å². The topological polar surface area (TPSA) is 111 Å². The van der Waals surface area contributed by atoms with Crippen molar-refractivity contribution in [3.63, 3.8) is 0 Å². The fraction of sp³-hybridized carbons (Fsp3) is 0.242. The molecule has 10 nitrogen and oxygen atoms in total. The summed E-state index contributed by atoms with van der Waals surface area (Å²) >= 11 is 1.20. The first-order chi connectivity index (χ1) is 22.3. The van der Waals surface area contributed by atoms with Crippen LogP contribution in [0.1, 0.15) is 44.7 Å². The van der Waals surface area contributed by atoms with E-state index in [0.717, 1.165) is 16.7 Å². The van der Waals surface area contributed by atoms with Crippen molar-refractivity contribution >= 4 is 40.1 Å². The molecule has 47 heavy (non-hydrogen) atoms. The molecule has 14 heteroatoms. The first kappa shape index (κ1) is 33.3. The molecule has 3 amide bonds. The zero-order chi connectivity index (χ0) is 33.9. The number of nitrogens with zero attached hydrogens (tertiary/aromatic N) is 5. The van der Waals surface area contributed by atoms with Crippen LogP contribution in [-0.4, -0.2) is 51.1 Å². The molecule has 0 bridgehead atoms. The van der Waals surface area contributed by atoms with Gasteiger partial charge in [-0.05, 0) is 78.9 Å². The Morgan fingerprint density at radius 3 is 2.34 bits per heavy atom. The molecule has 0 unspecified atom stereocenters. The number of alkyl halides is 3. The highest BCUT2D eigenvalue weighted by atomic mass is 32.2. The number of aromatic nitrogens is 3. The van der Waals surface area contributed by atoms with E-state index in [1.807, 2.05) is 51.1 Å². The number of rotatable bonds is 8. The van der Waals surface area contributed by atoms with Gasteiger partial charge in [-0.2, -0.15) is 4.99 Å². The summed E-state index contributed by atoms with van der Waals surface area (Å²) in [6.07, 6.45) is -3.31. The number of urea groups is 1. The molecule has 1 saturated heterocycles. The van der Waals surface area contributed by atoms with Crippen LogP contribution < -0.4 is 19.7 Å². The van der Waals surface area contributed by atoms with Crippen LogP contribution in [0.15, 0.2) is 83.7 Å². The molecule has 1 N–H and O–H groups in total. The van der Waals surface area contributed by atoms with E-state index in [-0.39, 0.29) is 23.3 Å². The van der Waals surface area contributed by atoms with Crippen LogP contribution in [0.4, 0.5) is 23.7 Å². The van der Waals surface area contributed by atoms with Crippen molar-refractivity contribution in [3.8, 4) is 28.6 Å². The summed E-state index contributed by atoms with van der Waals surface area (Å²) < 4.78 is 48.1. The van der Waals surface area contributed by atoms with Crippen LogP contribution in [0.3, 0.4) is 0 Å². The molecule has 0 spiro atoms. The summed E-state index contributed by atoms with van der Waals surface area (Å²) in [5, 5.41) is 7.54. The van der Waals surface area contributed by atoms with Gasteiger partial charge in [0.1, 0.15) is 17.8 Å². The van der Waals surface area contributed by atoms with E-state index in [9.17, 15) is 22.8 Å². The maximum Gasteiger partial charge on any atom is 0.573 e. The predicted molar refractivity (Wildman–Crippen MR) is 175 cm³/mol. The third kappa shape index (κ3) is 7.83. The number of amidine groups is 1. The molecule has 0 aliphatic carbocycles. The Morgan fingerprint density at radius 1 is 1.02 bits per heavy atom. The summed E-state index contributed by atoms with van der Waals surface area (Å²) in [4.78, 5) is 35.9. The van der Waals surface area contributed by atoms with E-state index in [1.165, 1.54) is 51.9 Å². The number of halogens is 3. The molecule has 0 saturated carbocycles. The molecular weight excluding hydrogens is 633 g/mol. The minimum absolute atomic E-state index is 0.0989. The van der Waals surface area contributed by atoms with Gasteiger partial charge in [0.25, 0.3) is 0 Å². The monoisotopic (exact) mass is 664 g/mol. The summed E-state index contributed by atoms with van der Waals surface area (Å²) in [7, 11) is 1.58. The van der Waals surface area contributed by atoms with Crippen molar-refractivity contribution in [2.75, 3.05) is 17.8 Å². The van der Waals surface area contributed by atoms with E-state index in [2.05, 4.69) is 25.1 Å². The third-order valence-electron chi connectivity index (χ3n) is 7.32. The van der Waals surface area contributed by atoms with Gasteiger partial charge in [0.2, 0.25) is 5.91 Å². The quantitative estimate of drug-likeness (QED) is 0.207. The fourth-order valence-electron chi connectivity index (χ4n) is 4.78. The number of carbonyl (C=O) groups is 2. The minimum atomic E-state index is -4.77. The number of methoxy groups -OCH3 is 1. The van der Waals surface area contributed by atoms with E-state index in [0.29, 0.717) is 39.4 Å². The number of hydrogen-bond donors (Lipinski definition) is 1. The minimum Gasteiger partial charge on any atom is -0.497 e. The molecule has 244 valence electrons. The second-order valence-electron chi connectivity index (χ2n) is 10.8. The number of amides is 3. The van der Waals surface area contributed by atoms with E-state index < -0.39 is 12.4 Å². The molecule has 1 aliphatic heterocycles. The van der Waals surface area contributed by atoms with Crippen molar-refractivity contribution in [2.45, 2.75) is 40.0 Å². The van der Waals surface area contributed by atoms with E-state index in [4.69, 9.17) is 4.74 Å². The predicted octanol–water partition coefficient (Wildman–Crippen LogP) is 7.56. The average molecular weight is 665 g/mol. The van der Waals surface area contributed by atoms with Gasteiger partial charge in [-0.25, -0.2) is 14.5 Å². The first-order valence-corrected chi connectivity index (χ1v) is 15.4. The van der Waals surface area contributed by atoms with Gasteiger partial charge in [-0.3, -0.25) is 9.69 Å². The summed E-state index contributed by atoms with van der Waals surface area (Å²) in [5.41, 5.74) is 5.02. The number of ether oxygens (including phenoxy) is 2. The van der Waals surface area contributed by atoms with E-state index in [1.54, 1.807) is 26.2 Å². The van der Waals surface area contributed by atoms with Crippen LogP contribution in [-0.2, 0) is 4.79 Å². The van der Waals surface area contributed by atoms with Crippen molar-refractivity contribution in [2.24, 2.45) is 4.99 Å². The summed E-state index contributed by atoms with van der Waals surface area (Å²) in [6.45, 7) is 7.67. The lowest BCUT2D eigenvalue weighted by Gasteiger charge is -2.22. The van der Waals surface area contributed by atoms with Gasteiger partial charge in [0.05, 0.1) is 24.2 Å². The van der Waals surface area contributed by atoms with Gasteiger partial charge < -0.3 is 14.8 Å². The van der Waals surface area contributed by atoms with Crippen LogP contribution in [0.5, 0.6) is 11.5 Å². The number of aliphatic imine (C=N–C) groups is 1. The smallest absolute Gasteiger partial charge is 0.497 e. The van der Waals surface area contributed by atoms with Crippen LogP contribution in [0, 0.1) is 0 Å². The number of carbonyl (C=O) groups excluding carboxylic acids is 2. The number of benzene rings is 3. The Bertz CT molecular complexity index is 1850. The van der Waals surface area contributed by atoms with Gasteiger partial charge in [-0.1, -0.05) is 49.9 Å². The fourth-order valence-corrected chi connectivity index (χ4v) is 5.64. The Kier molecular flexibility index (Phi) is 9.70. The molecule has 4 aromatic rings. The van der Waals surface area contributed by atoms with Crippen molar-refractivity contribution in [1.29, 1.82) is 0 Å². The second-order valence-corrected chi connectivity index (χ2v) is 11.7. The van der Waals surface area contributed by atoms with Gasteiger partial charge in [0, 0.05) is 11.3 Å². The standard InChI is InChI=1S/C33H31F3N6O4S/c1-19(2)27-16-26(45-5)14-15-28(27)42-29(43)17-47-32(42)39-31(44)38-21(4)20(3)22-6-8-23(9-7-22)30-37-18-41(40-30)24-10-12-25(13-11-24)46-33(34,35)36/h6-16,18-19H,17H2,1-5H3,(H,38,44)/b21-20+,39-32-. The number of nitrogens with one attached hydrogen (secondary N) is 1. The molecule has 2 heterocycles. The third-order valence-corrected chi connectivity index (χ3v) is 8.24. The highest BCUT2D eigenvalue weighted by Gasteiger charge is 2.33. The number of anilines is 1. The molecule has 0 radical (unpaired) electrons. The lowest BCUT2D eigenvalue weighted by atomic mass is 10.00. The second kappa shape index (κ2) is 13.7. The molecule has 0 atom stereocenters. The van der Waals surface area contributed by atoms with Gasteiger partial charge in [-0.15, -0.1) is 18.3 Å². The zero-order valence-electron chi connectivity index (χ0n) is 26.1. The maximum absolute atomic E-state index is 13.0. The largest absolute Gasteiger partial charge is 0.573 e. The Morgan fingerprint density at radius 2 is 1.70 bits per heavy atom. The number of hydrogen-bond acceptors (Lipinski definition) is 7. The maximum atomic E-state index is 13.0. The van der Waals surface area contributed by atoms with E-state index >= 15 is 0 Å².